The molecule has 1 aromatic heterocycles. The van der Waals surface area contributed by atoms with Gasteiger partial charge in [-0.05, 0) is 36.8 Å². The van der Waals surface area contributed by atoms with Crippen molar-refractivity contribution < 1.29 is 18.7 Å². The third-order valence-electron chi connectivity index (χ3n) is 4.91. The zero-order chi connectivity index (χ0) is 21.8. The summed E-state index contributed by atoms with van der Waals surface area (Å²) in [5.74, 6) is 1.14. The van der Waals surface area contributed by atoms with E-state index in [0.717, 1.165) is 11.3 Å². The molecule has 4 rings (SSSR count). The summed E-state index contributed by atoms with van der Waals surface area (Å²) in [5.41, 5.74) is 2.34. The first-order valence-electron chi connectivity index (χ1n) is 9.82. The van der Waals surface area contributed by atoms with Gasteiger partial charge < -0.3 is 19.4 Å². The number of nitrogens with zero attached hydrogens (tertiary/aromatic N) is 3. The summed E-state index contributed by atoms with van der Waals surface area (Å²) in [5, 5.41) is 11.3. The Kier molecular flexibility index (Phi) is 6.22. The number of hydrogen-bond acceptors (Lipinski definition) is 7. The van der Waals surface area contributed by atoms with Gasteiger partial charge in [-0.3, -0.25) is 9.59 Å². The lowest BCUT2D eigenvalue weighted by Gasteiger charge is -2.27. The lowest BCUT2D eigenvalue weighted by Crippen LogP contribution is -2.40. The summed E-state index contributed by atoms with van der Waals surface area (Å²) in [7, 11) is 1.62. The van der Waals surface area contributed by atoms with E-state index in [-0.39, 0.29) is 30.0 Å². The molecule has 9 heteroatoms. The van der Waals surface area contributed by atoms with Gasteiger partial charge in [-0.2, -0.15) is 0 Å². The van der Waals surface area contributed by atoms with Crippen LogP contribution in [0.5, 0.6) is 5.75 Å². The molecule has 0 unspecified atom stereocenters. The van der Waals surface area contributed by atoms with Crippen LogP contribution in [0.2, 0.25) is 0 Å². The van der Waals surface area contributed by atoms with Gasteiger partial charge in [0.2, 0.25) is 17.7 Å². The first-order valence-corrected chi connectivity index (χ1v) is 10.8. The molecule has 3 aromatic rings. The topological polar surface area (TPSA) is 97.6 Å². The molecule has 0 spiro atoms. The van der Waals surface area contributed by atoms with Crippen LogP contribution in [0.25, 0.3) is 0 Å². The number of aromatic nitrogens is 2. The van der Waals surface area contributed by atoms with Crippen molar-refractivity contribution in [3.8, 4) is 5.75 Å². The first-order chi connectivity index (χ1) is 15.0. The Balaban J connectivity index is 1.41. The second kappa shape index (κ2) is 9.22. The van der Waals surface area contributed by atoms with E-state index in [4.69, 9.17) is 9.15 Å². The molecule has 2 amide bonds. The van der Waals surface area contributed by atoms with Crippen LogP contribution in [0.1, 0.15) is 24.8 Å². The number of fused-ring (bicyclic) bond motifs is 1. The van der Waals surface area contributed by atoms with E-state index in [9.17, 15) is 9.59 Å². The maximum absolute atomic E-state index is 13.0. The number of carbonyl (C=O) groups is 2. The first kappa shape index (κ1) is 20.9. The fourth-order valence-electron chi connectivity index (χ4n) is 3.45. The van der Waals surface area contributed by atoms with E-state index < -0.39 is 0 Å². The molecule has 1 N–H and O–H groups in total. The monoisotopic (exact) mass is 438 g/mol. The minimum Gasteiger partial charge on any atom is -0.497 e. The summed E-state index contributed by atoms with van der Waals surface area (Å²) in [6.07, 6.45) is 0.730. The van der Waals surface area contributed by atoms with Crippen molar-refractivity contribution in [3.63, 3.8) is 0 Å². The number of para-hydroxylation sites is 2. The Morgan fingerprint density at radius 1 is 1.23 bits per heavy atom. The summed E-state index contributed by atoms with van der Waals surface area (Å²) < 4.78 is 10.9. The molecule has 31 heavy (non-hydrogen) atoms. The van der Waals surface area contributed by atoms with Crippen molar-refractivity contribution in [1.82, 2.24) is 10.2 Å². The molecule has 1 aliphatic heterocycles. The number of rotatable bonds is 6. The number of ether oxygens (including phenoxy) is 1. The van der Waals surface area contributed by atoms with Crippen LogP contribution in [0.3, 0.4) is 0 Å². The van der Waals surface area contributed by atoms with E-state index in [1.54, 1.807) is 18.1 Å². The normalized spacial score (nSPS) is 15.7. The molecule has 1 aliphatic rings. The van der Waals surface area contributed by atoms with Crippen LogP contribution >= 0.6 is 11.8 Å². The van der Waals surface area contributed by atoms with E-state index in [2.05, 4.69) is 15.5 Å². The Labute approximate surface area is 184 Å². The Hall–Kier alpha value is -3.33. The van der Waals surface area contributed by atoms with Crippen molar-refractivity contribution in [2.45, 2.75) is 31.0 Å². The average molecular weight is 439 g/mol. The maximum Gasteiger partial charge on any atom is 0.277 e. The number of hydrogen-bond donors (Lipinski definition) is 1. The predicted molar refractivity (Wildman–Crippen MR) is 117 cm³/mol. The molecule has 0 fully saturated rings. The molecule has 1 atom stereocenters. The standard InChI is InChI=1S/C22H22N4O4S/c1-14-11-19(27)23-17-5-3-4-6-18(17)26(14)21(28)13-31-22-25-24-20(30-22)12-15-7-9-16(29-2)10-8-15/h3-10,14H,11-13H2,1-2H3,(H,23,27)/t14-/m0/s1. The molecule has 160 valence electrons. The van der Waals surface area contributed by atoms with E-state index in [1.807, 2.05) is 49.4 Å². The largest absolute Gasteiger partial charge is 0.497 e. The molecule has 2 heterocycles. The highest BCUT2D eigenvalue weighted by Gasteiger charge is 2.29. The van der Waals surface area contributed by atoms with E-state index >= 15 is 0 Å². The highest BCUT2D eigenvalue weighted by atomic mass is 32.2. The van der Waals surface area contributed by atoms with Crippen LogP contribution in [0.15, 0.2) is 58.2 Å². The van der Waals surface area contributed by atoms with Gasteiger partial charge in [0.05, 0.1) is 30.7 Å². The van der Waals surface area contributed by atoms with Gasteiger partial charge in [-0.25, -0.2) is 0 Å². The predicted octanol–water partition coefficient (Wildman–Crippen LogP) is 3.53. The Morgan fingerprint density at radius 2 is 2.00 bits per heavy atom. The molecule has 0 radical (unpaired) electrons. The molecular formula is C22H22N4O4S. The van der Waals surface area contributed by atoms with Crippen molar-refractivity contribution in [3.05, 3.63) is 60.0 Å². The maximum atomic E-state index is 13.0. The van der Waals surface area contributed by atoms with Gasteiger partial charge in [0.25, 0.3) is 5.22 Å². The zero-order valence-corrected chi connectivity index (χ0v) is 18.0. The van der Waals surface area contributed by atoms with Crippen LogP contribution < -0.4 is 15.0 Å². The fourth-order valence-corrected chi connectivity index (χ4v) is 4.09. The summed E-state index contributed by atoms with van der Waals surface area (Å²) in [4.78, 5) is 26.8. The van der Waals surface area contributed by atoms with Crippen LogP contribution in [-0.2, 0) is 16.0 Å². The van der Waals surface area contributed by atoms with Gasteiger partial charge in [0.15, 0.2) is 0 Å². The molecule has 2 aromatic carbocycles. The molecule has 0 saturated heterocycles. The summed E-state index contributed by atoms with van der Waals surface area (Å²) in [6, 6.07) is 14.7. The molecule has 0 aliphatic carbocycles. The van der Waals surface area contributed by atoms with E-state index in [0.29, 0.717) is 28.9 Å². The fraction of sp³-hybridized carbons (Fsp3) is 0.273. The van der Waals surface area contributed by atoms with Gasteiger partial charge in [-0.15, -0.1) is 10.2 Å². The number of amides is 2. The quantitative estimate of drug-likeness (QED) is 0.588. The van der Waals surface area contributed by atoms with Crippen LogP contribution in [-0.4, -0.2) is 40.9 Å². The number of benzene rings is 2. The van der Waals surface area contributed by atoms with Gasteiger partial charge in [0, 0.05) is 12.5 Å². The Morgan fingerprint density at radius 3 is 2.77 bits per heavy atom. The van der Waals surface area contributed by atoms with Gasteiger partial charge >= 0.3 is 0 Å². The minimum atomic E-state index is -0.259. The molecule has 0 saturated carbocycles. The highest BCUT2D eigenvalue weighted by Crippen LogP contribution is 2.32. The van der Waals surface area contributed by atoms with Crippen molar-refractivity contribution >= 4 is 35.0 Å². The number of anilines is 2. The van der Waals surface area contributed by atoms with Gasteiger partial charge in [0.1, 0.15) is 5.75 Å². The third kappa shape index (κ3) is 4.88. The number of methoxy groups -OCH3 is 1. The van der Waals surface area contributed by atoms with Crippen molar-refractivity contribution in [2.24, 2.45) is 0 Å². The molecule has 8 nitrogen and oxygen atoms in total. The van der Waals surface area contributed by atoms with Crippen LogP contribution in [0, 0.1) is 0 Å². The van der Waals surface area contributed by atoms with Crippen LogP contribution in [0.4, 0.5) is 11.4 Å². The summed E-state index contributed by atoms with van der Waals surface area (Å²) in [6.45, 7) is 1.86. The van der Waals surface area contributed by atoms with Gasteiger partial charge in [-0.1, -0.05) is 36.0 Å². The highest BCUT2D eigenvalue weighted by molar-refractivity contribution is 7.99. The lowest BCUT2D eigenvalue weighted by molar-refractivity contribution is -0.117. The number of thioether (sulfide) groups is 1. The average Bonchev–Trinajstić information content (AvgIpc) is 3.16. The van der Waals surface area contributed by atoms with Crippen molar-refractivity contribution in [1.29, 1.82) is 0 Å². The Bertz CT molecular complexity index is 1080. The van der Waals surface area contributed by atoms with Crippen molar-refractivity contribution in [2.75, 3.05) is 23.1 Å². The summed E-state index contributed by atoms with van der Waals surface area (Å²) >= 11 is 1.19. The lowest BCUT2D eigenvalue weighted by atomic mass is 10.1. The SMILES string of the molecule is COc1ccc(Cc2nnc(SCC(=O)N3c4ccccc4NC(=O)C[C@@H]3C)o2)cc1. The molecule has 0 bridgehead atoms. The second-order valence-electron chi connectivity index (χ2n) is 7.16. The number of carbonyl (C=O) groups excluding carboxylic acids is 2. The zero-order valence-electron chi connectivity index (χ0n) is 17.2. The smallest absolute Gasteiger partial charge is 0.277 e. The van der Waals surface area contributed by atoms with E-state index in [1.165, 1.54) is 11.8 Å². The second-order valence-corrected chi connectivity index (χ2v) is 8.08. The third-order valence-corrected chi connectivity index (χ3v) is 5.71. The number of nitrogens with one attached hydrogen (secondary N) is 1. The minimum absolute atomic E-state index is 0.108. The molecular weight excluding hydrogens is 416 g/mol.